The van der Waals surface area contributed by atoms with Gasteiger partial charge >= 0.3 is 11.9 Å². The SMILES string of the molecule is O=C(O)c1ccc2c(OC(=O)C3CCCCC3)c3ccccc3c(OCC3CCCCC3)c2c1. The zero-order valence-corrected chi connectivity index (χ0v) is 19.6. The fourth-order valence-corrected chi connectivity index (χ4v) is 5.58. The summed E-state index contributed by atoms with van der Waals surface area (Å²) in [6, 6.07) is 12.8. The summed E-state index contributed by atoms with van der Waals surface area (Å²) < 4.78 is 12.5. The van der Waals surface area contributed by atoms with E-state index in [4.69, 9.17) is 9.47 Å². The average molecular weight is 461 g/mol. The Morgan fingerprint density at radius 2 is 1.38 bits per heavy atom. The Labute approximate surface area is 200 Å². The van der Waals surface area contributed by atoms with Crippen molar-refractivity contribution in [3.63, 3.8) is 0 Å². The first-order valence-corrected chi connectivity index (χ1v) is 12.7. The van der Waals surface area contributed by atoms with Gasteiger partial charge < -0.3 is 14.6 Å². The molecule has 0 amide bonds. The van der Waals surface area contributed by atoms with Crippen molar-refractivity contribution in [2.75, 3.05) is 6.61 Å². The minimum Gasteiger partial charge on any atom is -0.492 e. The van der Waals surface area contributed by atoms with Crippen LogP contribution in [0.1, 0.15) is 74.6 Å². The highest BCUT2D eigenvalue weighted by Crippen LogP contribution is 2.44. The summed E-state index contributed by atoms with van der Waals surface area (Å²) in [5.41, 5.74) is 0.190. The van der Waals surface area contributed by atoms with Gasteiger partial charge in [-0.25, -0.2) is 4.79 Å². The fraction of sp³-hybridized carbons (Fsp3) is 0.448. The topological polar surface area (TPSA) is 72.8 Å². The van der Waals surface area contributed by atoms with Crippen LogP contribution in [0.5, 0.6) is 11.5 Å². The minimum atomic E-state index is -0.992. The van der Waals surface area contributed by atoms with Crippen LogP contribution in [0.3, 0.4) is 0 Å². The van der Waals surface area contributed by atoms with E-state index in [1.54, 1.807) is 18.2 Å². The summed E-state index contributed by atoms with van der Waals surface area (Å²) in [6.45, 7) is 0.609. The molecule has 0 spiro atoms. The lowest BCUT2D eigenvalue weighted by atomic mass is 9.89. The number of fused-ring (bicyclic) bond motifs is 2. The third kappa shape index (κ3) is 4.61. The Kier molecular flexibility index (Phi) is 6.70. The summed E-state index contributed by atoms with van der Waals surface area (Å²) in [6.07, 6.45) is 11.1. The molecule has 1 N–H and O–H groups in total. The van der Waals surface area contributed by atoms with E-state index in [-0.39, 0.29) is 17.5 Å². The highest BCUT2D eigenvalue weighted by molar-refractivity contribution is 6.13. The lowest BCUT2D eigenvalue weighted by molar-refractivity contribution is -0.139. The van der Waals surface area contributed by atoms with Crippen molar-refractivity contribution in [3.05, 3.63) is 48.0 Å². The molecule has 3 aromatic carbocycles. The van der Waals surface area contributed by atoms with Gasteiger partial charge in [-0.05, 0) is 49.8 Å². The number of carbonyl (C=O) groups excluding carboxylic acids is 1. The van der Waals surface area contributed by atoms with Gasteiger partial charge in [0.05, 0.1) is 18.1 Å². The van der Waals surface area contributed by atoms with E-state index in [1.165, 1.54) is 25.7 Å². The number of hydrogen-bond acceptors (Lipinski definition) is 4. The van der Waals surface area contributed by atoms with Crippen LogP contribution in [0.4, 0.5) is 0 Å². The van der Waals surface area contributed by atoms with Gasteiger partial charge in [0.25, 0.3) is 0 Å². The third-order valence-corrected chi connectivity index (χ3v) is 7.50. The molecule has 2 aliphatic rings. The number of carbonyl (C=O) groups is 2. The number of carboxylic acid groups (broad SMARTS) is 1. The zero-order chi connectivity index (χ0) is 23.5. The maximum atomic E-state index is 13.1. The molecule has 5 nitrogen and oxygen atoms in total. The zero-order valence-electron chi connectivity index (χ0n) is 19.6. The molecule has 0 aromatic heterocycles. The number of hydrogen-bond donors (Lipinski definition) is 1. The molecule has 34 heavy (non-hydrogen) atoms. The molecule has 2 fully saturated rings. The average Bonchev–Trinajstić information content (AvgIpc) is 2.89. The van der Waals surface area contributed by atoms with Crippen LogP contribution in [0.2, 0.25) is 0 Å². The Hall–Kier alpha value is -3.08. The summed E-state index contributed by atoms with van der Waals surface area (Å²) in [7, 11) is 0. The molecule has 5 rings (SSSR count). The van der Waals surface area contributed by atoms with Crippen molar-refractivity contribution in [2.24, 2.45) is 11.8 Å². The van der Waals surface area contributed by atoms with Crippen molar-refractivity contribution in [1.82, 2.24) is 0 Å². The van der Waals surface area contributed by atoms with Gasteiger partial charge in [-0.1, -0.05) is 62.8 Å². The van der Waals surface area contributed by atoms with Crippen molar-refractivity contribution >= 4 is 33.5 Å². The molecule has 2 aliphatic carbocycles. The number of benzene rings is 3. The van der Waals surface area contributed by atoms with Crippen LogP contribution in [0.15, 0.2) is 42.5 Å². The monoisotopic (exact) mass is 460 g/mol. The van der Waals surface area contributed by atoms with Gasteiger partial charge in [-0.2, -0.15) is 0 Å². The van der Waals surface area contributed by atoms with Crippen molar-refractivity contribution < 1.29 is 24.2 Å². The Morgan fingerprint density at radius 1 is 0.765 bits per heavy atom. The number of ether oxygens (including phenoxy) is 2. The molecule has 178 valence electrons. The lowest BCUT2D eigenvalue weighted by Crippen LogP contribution is -2.23. The Morgan fingerprint density at radius 3 is 2.06 bits per heavy atom. The summed E-state index contributed by atoms with van der Waals surface area (Å²) in [5.74, 6) is 0.426. The summed E-state index contributed by atoms with van der Waals surface area (Å²) in [4.78, 5) is 24.9. The first-order valence-electron chi connectivity index (χ1n) is 12.7. The number of rotatable bonds is 6. The number of carboxylic acids is 1. The molecule has 2 saturated carbocycles. The van der Waals surface area contributed by atoms with Crippen molar-refractivity contribution in [2.45, 2.75) is 64.2 Å². The van der Waals surface area contributed by atoms with E-state index in [9.17, 15) is 14.7 Å². The van der Waals surface area contributed by atoms with Gasteiger partial charge in [0, 0.05) is 21.5 Å². The highest BCUT2D eigenvalue weighted by Gasteiger charge is 2.26. The Bertz CT molecular complexity index is 1200. The molecule has 0 unspecified atom stereocenters. The molecule has 0 bridgehead atoms. The van der Waals surface area contributed by atoms with Crippen LogP contribution in [0.25, 0.3) is 21.5 Å². The predicted molar refractivity (Wildman–Crippen MR) is 133 cm³/mol. The number of aromatic carboxylic acids is 1. The first kappa shape index (κ1) is 22.7. The van der Waals surface area contributed by atoms with Gasteiger partial charge in [0.2, 0.25) is 0 Å². The van der Waals surface area contributed by atoms with E-state index in [0.29, 0.717) is 34.8 Å². The molecule has 0 radical (unpaired) electrons. The summed E-state index contributed by atoms with van der Waals surface area (Å²) >= 11 is 0. The second kappa shape index (κ2) is 10.0. The van der Waals surface area contributed by atoms with Crippen molar-refractivity contribution in [3.8, 4) is 11.5 Å². The highest BCUT2D eigenvalue weighted by atomic mass is 16.5. The second-order valence-corrected chi connectivity index (χ2v) is 9.84. The number of esters is 1. The molecule has 0 aliphatic heterocycles. The molecular formula is C29H32O5. The maximum absolute atomic E-state index is 13.1. The first-order chi connectivity index (χ1) is 16.6. The van der Waals surface area contributed by atoms with Gasteiger partial charge in [-0.3, -0.25) is 4.79 Å². The molecule has 3 aromatic rings. The Balaban J connectivity index is 1.61. The molecule has 5 heteroatoms. The largest absolute Gasteiger partial charge is 0.492 e. The van der Waals surface area contributed by atoms with Crippen LogP contribution in [-0.2, 0) is 4.79 Å². The quantitative estimate of drug-likeness (QED) is 0.240. The van der Waals surface area contributed by atoms with E-state index in [0.717, 1.165) is 49.3 Å². The van der Waals surface area contributed by atoms with E-state index in [2.05, 4.69) is 0 Å². The van der Waals surface area contributed by atoms with Gasteiger partial charge in [-0.15, -0.1) is 0 Å². The van der Waals surface area contributed by atoms with Gasteiger partial charge in [0.1, 0.15) is 11.5 Å². The third-order valence-electron chi connectivity index (χ3n) is 7.50. The molecule has 0 saturated heterocycles. The van der Waals surface area contributed by atoms with E-state index in [1.807, 2.05) is 24.3 Å². The second-order valence-electron chi connectivity index (χ2n) is 9.84. The van der Waals surface area contributed by atoms with Crippen molar-refractivity contribution in [1.29, 1.82) is 0 Å². The van der Waals surface area contributed by atoms with Crippen LogP contribution >= 0.6 is 0 Å². The smallest absolute Gasteiger partial charge is 0.335 e. The minimum absolute atomic E-state index is 0.0805. The van der Waals surface area contributed by atoms with Gasteiger partial charge in [0.15, 0.2) is 0 Å². The van der Waals surface area contributed by atoms with Crippen LogP contribution in [-0.4, -0.2) is 23.7 Å². The van der Waals surface area contributed by atoms with Crippen LogP contribution in [0, 0.1) is 11.8 Å². The maximum Gasteiger partial charge on any atom is 0.335 e. The fourth-order valence-electron chi connectivity index (χ4n) is 5.58. The standard InChI is InChI=1S/C29H32O5/c30-28(31)21-15-16-24-25(17-21)26(33-18-19-9-3-1-4-10-19)22-13-7-8-14-23(22)27(24)34-29(32)20-11-5-2-6-12-20/h7-8,13-17,19-20H,1-6,9-12,18H2,(H,30,31). The van der Waals surface area contributed by atoms with E-state index < -0.39 is 5.97 Å². The normalized spacial score (nSPS) is 17.6. The lowest BCUT2D eigenvalue weighted by Gasteiger charge is -2.24. The van der Waals surface area contributed by atoms with Crippen LogP contribution < -0.4 is 9.47 Å². The molecule has 0 atom stereocenters. The van der Waals surface area contributed by atoms with E-state index >= 15 is 0 Å². The summed E-state index contributed by atoms with van der Waals surface area (Å²) in [5, 5.41) is 12.7. The molecule has 0 heterocycles. The predicted octanol–water partition coefficient (Wildman–Crippen LogP) is 7.14. The molecular weight excluding hydrogens is 428 g/mol.